The van der Waals surface area contributed by atoms with Crippen LogP contribution in [-0.4, -0.2) is 11.2 Å². The summed E-state index contributed by atoms with van der Waals surface area (Å²) in [7, 11) is 0. The average molecular weight is 290 g/mol. The topological polar surface area (TPSA) is 20.2 Å². The minimum absolute atomic E-state index is 0.320. The maximum absolute atomic E-state index is 9.67. The first kappa shape index (κ1) is 20.0. The molecule has 0 amide bonds. The lowest BCUT2D eigenvalue weighted by atomic mass is 10.1. The van der Waals surface area contributed by atoms with E-state index < -0.39 is 0 Å². The Labute approximate surface area is 132 Å². The molecule has 0 rings (SSSR count). The summed E-state index contributed by atoms with van der Waals surface area (Å²) < 4.78 is 0. The molecule has 0 radical (unpaired) electrons. The Kier molecular flexibility index (Phi) is 16.2. The molecule has 120 valence electrons. The van der Waals surface area contributed by atoms with Gasteiger partial charge in [0.2, 0.25) is 0 Å². The highest BCUT2D eigenvalue weighted by atomic mass is 16.3. The van der Waals surface area contributed by atoms with E-state index in [0.29, 0.717) is 0 Å². The van der Waals surface area contributed by atoms with Gasteiger partial charge in [-0.3, -0.25) is 0 Å². The number of aliphatic hydroxyl groups excluding tert-OH is 1. The van der Waals surface area contributed by atoms with Crippen LogP contribution in [0.4, 0.5) is 0 Å². The van der Waals surface area contributed by atoms with Crippen molar-refractivity contribution in [1.82, 2.24) is 0 Å². The fourth-order valence-corrected chi connectivity index (χ4v) is 2.02. The summed E-state index contributed by atoms with van der Waals surface area (Å²) in [4.78, 5) is 0. The van der Waals surface area contributed by atoms with Crippen molar-refractivity contribution in [3.05, 3.63) is 24.3 Å². The molecule has 0 heterocycles. The highest BCUT2D eigenvalue weighted by Crippen LogP contribution is 2.04. The molecular weight excluding hydrogens is 256 g/mol. The van der Waals surface area contributed by atoms with Crippen molar-refractivity contribution in [2.45, 2.75) is 90.6 Å². The van der Waals surface area contributed by atoms with Gasteiger partial charge in [0.25, 0.3) is 0 Å². The Morgan fingerprint density at radius 2 is 1.62 bits per heavy atom. The second-order valence-corrected chi connectivity index (χ2v) is 5.60. The molecule has 0 saturated carbocycles. The van der Waals surface area contributed by atoms with E-state index in [-0.39, 0.29) is 6.10 Å². The van der Waals surface area contributed by atoms with E-state index >= 15 is 0 Å². The Bertz CT molecular complexity index is 316. The predicted octanol–water partition coefficient (Wildman–Crippen LogP) is 5.79. The summed E-state index contributed by atoms with van der Waals surface area (Å²) in [6.45, 7) is 4.40. The zero-order valence-electron chi connectivity index (χ0n) is 14.1. The fourth-order valence-electron chi connectivity index (χ4n) is 2.02. The van der Waals surface area contributed by atoms with Crippen LogP contribution in [0.3, 0.4) is 0 Å². The molecular formula is C20H34O. The van der Waals surface area contributed by atoms with E-state index in [1.54, 1.807) is 6.08 Å². The van der Waals surface area contributed by atoms with Gasteiger partial charge in [-0.2, -0.15) is 0 Å². The van der Waals surface area contributed by atoms with E-state index in [4.69, 9.17) is 0 Å². The van der Waals surface area contributed by atoms with Crippen molar-refractivity contribution in [3.8, 4) is 11.8 Å². The van der Waals surface area contributed by atoms with Crippen LogP contribution in [0.15, 0.2) is 24.3 Å². The molecule has 0 aromatic carbocycles. The molecule has 21 heavy (non-hydrogen) atoms. The second kappa shape index (κ2) is 17.1. The van der Waals surface area contributed by atoms with Gasteiger partial charge in [-0.15, -0.1) is 0 Å². The van der Waals surface area contributed by atoms with Crippen molar-refractivity contribution in [3.63, 3.8) is 0 Å². The van der Waals surface area contributed by atoms with Gasteiger partial charge < -0.3 is 5.11 Å². The normalized spacial score (nSPS) is 12.7. The Balaban J connectivity index is 3.46. The van der Waals surface area contributed by atoms with Crippen LogP contribution in [0.25, 0.3) is 0 Å². The lowest BCUT2D eigenvalue weighted by molar-refractivity contribution is 0.208. The van der Waals surface area contributed by atoms with Gasteiger partial charge in [0.05, 0.1) is 6.10 Å². The summed E-state index contributed by atoms with van der Waals surface area (Å²) in [5.41, 5.74) is 0. The quantitative estimate of drug-likeness (QED) is 0.274. The summed E-state index contributed by atoms with van der Waals surface area (Å²) in [5, 5.41) is 9.67. The minimum atomic E-state index is -0.320. The van der Waals surface area contributed by atoms with Crippen molar-refractivity contribution < 1.29 is 5.11 Å². The third-order valence-corrected chi connectivity index (χ3v) is 3.42. The smallest absolute Gasteiger partial charge is 0.0730 e. The number of aliphatic hydroxyl groups is 1. The zero-order chi connectivity index (χ0) is 15.6. The highest BCUT2D eigenvalue weighted by Gasteiger charge is 1.96. The summed E-state index contributed by atoms with van der Waals surface area (Å²) in [5.74, 6) is 6.16. The average Bonchev–Trinajstić information content (AvgIpc) is 2.48. The van der Waals surface area contributed by atoms with Gasteiger partial charge in [0.1, 0.15) is 0 Å². The van der Waals surface area contributed by atoms with E-state index in [1.807, 2.05) is 6.08 Å². The number of unbranched alkanes of at least 4 members (excludes halogenated alkanes) is 7. The molecule has 0 aromatic heterocycles. The maximum atomic E-state index is 9.67. The van der Waals surface area contributed by atoms with Crippen LogP contribution >= 0.6 is 0 Å². The fraction of sp³-hybridized carbons (Fsp3) is 0.700. The van der Waals surface area contributed by atoms with Gasteiger partial charge in [-0.05, 0) is 44.3 Å². The van der Waals surface area contributed by atoms with Gasteiger partial charge in [0.15, 0.2) is 0 Å². The Hall–Kier alpha value is -1.00. The predicted molar refractivity (Wildman–Crippen MR) is 94.2 cm³/mol. The van der Waals surface area contributed by atoms with E-state index in [0.717, 1.165) is 25.7 Å². The van der Waals surface area contributed by atoms with Gasteiger partial charge in [-0.25, -0.2) is 0 Å². The SMILES string of the molecule is CCCC/C=C\CCCCC#C/C=C/[C@@H](O)CCCCC. The maximum Gasteiger partial charge on any atom is 0.0730 e. The molecule has 1 heteroatoms. The molecule has 1 N–H and O–H groups in total. The zero-order valence-corrected chi connectivity index (χ0v) is 14.1. The van der Waals surface area contributed by atoms with Crippen molar-refractivity contribution >= 4 is 0 Å². The van der Waals surface area contributed by atoms with Crippen LogP contribution in [-0.2, 0) is 0 Å². The summed E-state index contributed by atoms with van der Waals surface area (Å²) >= 11 is 0. The third-order valence-electron chi connectivity index (χ3n) is 3.42. The molecule has 0 aliphatic heterocycles. The molecule has 0 aliphatic rings. The first-order valence-electron chi connectivity index (χ1n) is 8.79. The standard InChI is InChI=1S/C20H34O/c1-3-5-7-8-9-10-11-12-13-14-15-17-19-20(21)18-16-6-4-2/h8-9,17,19-21H,3-7,10-13,16,18H2,1-2H3/b9-8-,19-17+/t20-/m0/s1. The van der Waals surface area contributed by atoms with E-state index in [9.17, 15) is 5.11 Å². The molecule has 0 spiro atoms. The third kappa shape index (κ3) is 16.9. The first-order chi connectivity index (χ1) is 10.3. The molecule has 1 nitrogen and oxygen atoms in total. The largest absolute Gasteiger partial charge is 0.389 e. The highest BCUT2D eigenvalue weighted by molar-refractivity contribution is 5.16. The molecule has 0 aliphatic carbocycles. The lowest BCUT2D eigenvalue weighted by Gasteiger charge is -2.02. The van der Waals surface area contributed by atoms with Crippen LogP contribution in [0.1, 0.15) is 84.5 Å². The number of rotatable bonds is 12. The monoisotopic (exact) mass is 290 g/mol. The molecule has 0 bridgehead atoms. The van der Waals surface area contributed by atoms with Crippen molar-refractivity contribution in [1.29, 1.82) is 0 Å². The number of hydrogen-bond donors (Lipinski definition) is 1. The Morgan fingerprint density at radius 1 is 0.905 bits per heavy atom. The van der Waals surface area contributed by atoms with Crippen LogP contribution in [0.5, 0.6) is 0 Å². The molecule has 0 fully saturated rings. The Morgan fingerprint density at radius 3 is 2.33 bits per heavy atom. The van der Waals surface area contributed by atoms with E-state index in [2.05, 4.69) is 37.8 Å². The van der Waals surface area contributed by atoms with E-state index in [1.165, 1.54) is 44.9 Å². The van der Waals surface area contributed by atoms with Crippen molar-refractivity contribution in [2.75, 3.05) is 0 Å². The van der Waals surface area contributed by atoms with Crippen LogP contribution in [0.2, 0.25) is 0 Å². The first-order valence-corrected chi connectivity index (χ1v) is 8.79. The van der Waals surface area contributed by atoms with Crippen molar-refractivity contribution in [2.24, 2.45) is 0 Å². The minimum Gasteiger partial charge on any atom is -0.389 e. The molecule has 0 aromatic rings. The van der Waals surface area contributed by atoms with Gasteiger partial charge in [-0.1, -0.05) is 69.9 Å². The van der Waals surface area contributed by atoms with Crippen LogP contribution < -0.4 is 0 Å². The molecule has 0 saturated heterocycles. The van der Waals surface area contributed by atoms with Gasteiger partial charge in [0, 0.05) is 6.42 Å². The molecule has 1 atom stereocenters. The van der Waals surface area contributed by atoms with Crippen LogP contribution in [0, 0.1) is 11.8 Å². The number of hydrogen-bond acceptors (Lipinski definition) is 1. The second-order valence-electron chi connectivity index (χ2n) is 5.60. The molecule has 0 unspecified atom stereocenters. The van der Waals surface area contributed by atoms with Gasteiger partial charge >= 0.3 is 0 Å². The lowest BCUT2D eigenvalue weighted by Crippen LogP contribution is -2.00. The summed E-state index contributed by atoms with van der Waals surface area (Å²) in [6, 6.07) is 0. The number of allylic oxidation sites excluding steroid dienone is 3. The summed E-state index contributed by atoms with van der Waals surface area (Å²) in [6.07, 6.45) is 20.6.